The summed E-state index contributed by atoms with van der Waals surface area (Å²) in [6.07, 6.45) is 1.29. The Balaban J connectivity index is 1.94. The Morgan fingerprint density at radius 3 is 2.59 bits per heavy atom. The smallest absolute Gasteiger partial charge is 0.226 e. The van der Waals surface area contributed by atoms with Crippen LogP contribution >= 0.6 is 0 Å². The largest absolute Gasteiger partial charge is 0.387 e. The predicted molar refractivity (Wildman–Crippen MR) is 85.4 cm³/mol. The molecule has 1 unspecified atom stereocenters. The normalized spacial score (nSPS) is 12.8. The van der Waals surface area contributed by atoms with Gasteiger partial charge < -0.3 is 9.63 Å². The molecule has 0 saturated carbocycles. The molecule has 1 heterocycles. The number of benzene rings is 1. The molecule has 1 N–H and O–H groups in total. The summed E-state index contributed by atoms with van der Waals surface area (Å²) in [5, 5.41) is 14.4. The SMILES string of the molecule is CCCc1nc(CN(CC)CC(O)c2ccc(C)cc2)no1. The van der Waals surface area contributed by atoms with Gasteiger partial charge in [0.05, 0.1) is 12.6 Å². The molecular weight excluding hydrogens is 278 g/mol. The van der Waals surface area contributed by atoms with Crippen LogP contribution in [0.3, 0.4) is 0 Å². The third-order valence-electron chi connectivity index (χ3n) is 3.68. The molecule has 0 radical (unpaired) electrons. The molecule has 1 atom stereocenters. The minimum absolute atomic E-state index is 0.512. The fourth-order valence-corrected chi connectivity index (χ4v) is 2.31. The average Bonchev–Trinajstić information content (AvgIpc) is 2.94. The lowest BCUT2D eigenvalue weighted by molar-refractivity contribution is 0.110. The van der Waals surface area contributed by atoms with Gasteiger partial charge in [-0.1, -0.05) is 48.8 Å². The van der Waals surface area contributed by atoms with E-state index >= 15 is 0 Å². The second kappa shape index (κ2) is 8.06. The van der Waals surface area contributed by atoms with Crippen molar-refractivity contribution in [2.24, 2.45) is 0 Å². The van der Waals surface area contributed by atoms with Gasteiger partial charge in [-0.15, -0.1) is 0 Å². The summed E-state index contributed by atoms with van der Waals surface area (Å²) in [4.78, 5) is 6.49. The summed E-state index contributed by atoms with van der Waals surface area (Å²) in [5.41, 5.74) is 2.13. The van der Waals surface area contributed by atoms with E-state index in [1.165, 1.54) is 5.56 Å². The van der Waals surface area contributed by atoms with Crippen LogP contribution in [0.25, 0.3) is 0 Å². The maximum atomic E-state index is 10.4. The Morgan fingerprint density at radius 2 is 1.95 bits per heavy atom. The molecule has 0 aliphatic carbocycles. The van der Waals surface area contributed by atoms with Crippen molar-refractivity contribution in [3.05, 3.63) is 47.1 Å². The summed E-state index contributed by atoms with van der Waals surface area (Å²) in [5.74, 6) is 1.37. The molecule has 1 aromatic heterocycles. The van der Waals surface area contributed by atoms with E-state index in [4.69, 9.17) is 4.52 Å². The summed E-state index contributed by atoms with van der Waals surface area (Å²) < 4.78 is 5.20. The van der Waals surface area contributed by atoms with E-state index < -0.39 is 6.10 Å². The number of likely N-dealkylation sites (N-methyl/N-ethyl adjacent to an activating group) is 1. The van der Waals surface area contributed by atoms with Crippen molar-refractivity contribution in [2.45, 2.75) is 46.3 Å². The van der Waals surface area contributed by atoms with Gasteiger partial charge in [-0.25, -0.2) is 0 Å². The topological polar surface area (TPSA) is 62.4 Å². The first-order valence-electron chi connectivity index (χ1n) is 7.90. The van der Waals surface area contributed by atoms with Gasteiger partial charge in [0.2, 0.25) is 5.89 Å². The molecule has 0 bridgehead atoms. The summed E-state index contributed by atoms with van der Waals surface area (Å²) in [7, 11) is 0. The second-order valence-electron chi connectivity index (χ2n) is 5.61. The van der Waals surface area contributed by atoms with E-state index in [0.717, 1.165) is 24.9 Å². The second-order valence-corrected chi connectivity index (χ2v) is 5.61. The van der Waals surface area contributed by atoms with Gasteiger partial charge in [-0.2, -0.15) is 4.98 Å². The van der Waals surface area contributed by atoms with Crippen LogP contribution < -0.4 is 0 Å². The van der Waals surface area contributed by atoms with E-state index in [0.29, 0.717) is 24.8 Å². The Hall–Kier alpha value is -1.72. The van der Waals surface area contributed by atoms with E-state index in [2.05, 4.69) is 28.9 Å². The summed E-state index contributed by atoms with van der Waals surface area (Å²) >= 11 is 0. The minimum Gasteiger partial charge on any atom is -0.387 e. The first-order chi connectivity index (χ1) is 10.6. The van der Waals surface area contributed by atoms with Crippen LogP contribution in [0.15, 0.2) is 28.8 Å². The number of hydrogen-bond donors (Lipinski definition) is 1. The fraction of sp³-hybridized carbons (Fsp3) is 0.529. The summed E-state index contributed by atoms with van der Waals surface area (Å²) in [6.45, 7) is 8.15. The molecule has 0 amide bonds. The number of rotatable bonds is 8. The first kappa shape index (κ1) is 16.6. The molecule has 2 aromatic rings. The highest BCUT2D eigenvalue weighted by molar-refractivity contribution is 5.23. The molecule has 0 fully saturated rings. The number of aliphatic hydroxyl groups is 1. The Bertz CT molecular complexity index is 566. The molecule has 120 valence electrons. The number of hydrogen-bond acceptors (Lipinski definition) is 5. The fourth-order valence-electron chi connectivity index (χ4n) is 2.31. The third kappa shape index (κ3) is 4.64. The number of aliphatic hydroxyl groups excluding tert-OH is 1. The van der Waals surface area contributed by atoms with Gasteiger partial charge in [-0.3, -0.25) is 4.90 Å². The molecule has 22 heavy (non-hydrogen) atoms. The van der Waals surface area contributed by atoms with Crippen LogP contribution in [0.5, 0.6) is 0 Å². The highest BCUT2D eigenvalue weighted by atomic mass is 16.5. The van der Waals surface area contributed by atoms with Gasteiger partial charge in [0.25, 0.3) is 0 Å². The molecule has 2 rings (SSSR count). The van der Waals surface area contributed by atoms with Crippen LogP contribution in [0, 0.1) is 6.92 Å². The molecule has 1 aromatic carbocycles. The van der Waals surface area contributed by atoms with E-state index in [-0.39, 0.29) is 0 Å². The highest BCUT2D eigenvalue weighted by Gasteiger charge is 2.15. The maximum Gasteiger partial charge on any atom is 0.226 e. The van der Waals surface area contributed by atoms with Crippen molar-refractivity contribution in [1.82, 2.24) is 15.0 Å². The van der Waals surface area contributed by atoms with Crippen molar-refractivity contribution < 1.29 is 9.63 Å². The molecule has 0 aliphatic heterocycles. The monoisotopic (exact) mass is 303 g/mol. The van der Waals surface area contributed by atoms with E-state index in [1.807, 2.05) is 31.2 Å². The molecule has 5 heteroatoms. The highest BCUT2D eigenvalue weighted by Crippen LogP contribution is 2.16. The van der Waals surface area contributed by atoms with Crippen molar-refractivity contribution in [3.63, 3.8) is 0 Å². The number of nitrogens with zero attached hydrogens (tertiary/aromatic N) is 3. The zero-order valence-electron chi connectivity index (χ0n) is 13.6. The predicted octanol–water partition coefficient (Wildman–Crippen LogP) is 2.89. The van der Waals surface area contributed by atoms with Crippen molar-refractivity contribution in [2.75, 3.05) is 13.1 Å². The zero-order valence-corrected chi connectivity index (χ0v) is 13.6. The van der Waals surface area contributed by atoms with Gasteiger partial charge >= 0.3 is 0 Å². The van der Waals surface area contributed by atoms with Crippen molar-refractivity contribution in [3.8, 4) is 0 Å². The standard InChI is InChI=1S/C17H25N3O2/c1-4-6-17-18-16(19-22-17)12-20(5-2)11-15(21)14-9-7-13(3)8-10-14/h7-10,15,21H,4-6,11-12H2,1-3H3. The lowest BCUT2D eigenvalue weighted by atomic mass is 10.1. The van der Waals surface area contributed by atoms with Crippen LogP contribution in [0.4, 0.5) is 0 Å². The zero-order chi connectivity index (χ0) is 15.9. The van der Waals surface area contributed by atoms with Crippen LogP contribution in [-0.2, 0) is 13.0 Å². The van der Waals surface area contributed by atoms with E-state index in [1.54, 1.807) is 0 Å². The lowest BCUT2D eigenvalue weighted by Crippen LogP contribution is -2.28. The minimum atomic E-state index is -0.512. The third-order valence-corrected chi connectivity index (χ3v) is 3.68. The quantitative estimate of drug-likeness (QED) is 0.812. The molecular formula is C17H25N3O2. The Kier molecular flexibility index (Phi) is 6.10. The van der Waals surface area contributed by atoms with Crippen LogP contribution in [0.2, 0.25) is 0 Å². The van der Waals surface area contributed by atoms with Gasteiger partial charge in [0.1, 0.15) is 0 Å². The van der Waals surface area contributed by atoms with Crippen molar-refractivity contribution in [1.29, 1.82) is 0 Å². The molecule has 0 aliphatic rings. The molecule has 5 nitrogen and oxygen atoms in total. The summed E-state index contributed by atoms with van der Waals surface area (Å²) in [6, 6.07) is 7.99. The van der Waals surface area contributed by atoms with Crippen LogP contribution in [0.1, 0.15) is 49.2 Å². The number of aromatic nitrogens is 2. The van der Waals surface area contributed by atoms with Gasteiger partial charge in [-0.05, 0) is 25.5 Å². The maximum absolute atomic E-state index is 10.4. The van der Waals surface area contributed by atoms with E-state index in [9.17, 15) is 5.11 Å². The number of aryl methyl sites for hydroxylation is 2. The lowest BCUT2D eigenvalue weighted by Gasteiger charge is -2.22. The first-order valence-corrected chi connectivity index (χ1v) is 7.90. The Labute approximate surface area is 132 Å². The van der Waals surface area contributed by atoms with Crippen LogP contribution in [-0.4, -0.2) is 33.2 Å². The van der Waals surface area contributed by atoms with Gasteiger partial charge in [0.15, 0.2) is 5.82 Å². The Morgan fingerprint density at radius 1 is 1.23 bits per heavy atom. The van der Waals surface area contributed by atoms with Crippen molar-refractivity contribution >= 4 is 0 Å². The van der Waals surface area contributed by atoms with Gasteiger partial charge in [0, 0.05) is 13.0 Å². The molecule has 0 spiro atoms. The molecule has 0 saturated heterocycles. The average molecular weight is 303 g/mol.